The monoisotopic (exact) mass is 299 g/mol. The number of nitrogens with zero attached hydrogens (tertiary/aromatic N) is 4. The van der Waals surface area contributed by atoms with Crippen LogP contribution < -0.4 is 5.32 Å². The Morgan fingerprint density at radius 3 is 2.76 bits per heavy atom. The Hall–Kier alpha value is -2.54. The van der Waals surface area contributed by atoms with Crippen molar-refractivity contribution in [1.29, 1.82) is 0 Å². The standard InChI is InChI=1S/C14H13N5OS/c1-10-17-12(7-21-10)6-14(20)18-11-2-4-13(5-3-11)19-9-15-8-16-19/h2-5,7-9H,6H2,1H3,(H,18,20). The molecule has 0 atom stereocenters. The quantitative estimate of drug-likeness (QED) is 0.801. The molecule has 3 aromatic rings. The van der Waals surface area contributed by atoms with E-state index in [2.05, 4.69) is 20.4 Å². The van der Waals surface area contributed by atoms with Crippen LogP contribution in [0, 0.1) is 6.92 Å². The Labute approximate surface area is 125 Å². The van der Waals surface area contributed by atoms with E-state index in [0.29, 0.717) is 0 Å². The second-order valence-corrected chi connectivity index (χ2v) is 5.53. The molecule has 0 saturated carbocycles. The van der Waals surface area contributed by atoms with Gasteiger partial charge in [-0.2, -0.15) is 5.10 Å². The molecule has 0 aliphatic carbocycles. The van der Waals surface area contributed by atoms with Crippen LogP contribution in [0.5, 0.6) is 0 Å². The van der Waals surface area contributed by atoms with Gasteiger partial charge in [-0.05, 0) is 31.2 Å². The lowest BCUT2D eigenvalue weighted by Crippen LogP contribution is -2.14. The fourth-order valence-electron chi connectivity index (χ4n) is 1.90. The van der Waals surface area contributed by atoms with Gasteiger partial charge in [0.1, 0.15) is 12.7 Å². The summed E-state index contributed by atoms with van der Waals surface area (Å²) in [4.78, 5) is 20.1. The zero-order valence-corrected chi connectivity index (χ0v) is 12.2. The van der Waals surface area contributed by atoms with Crippen molar-refractivity contribution in [1.82, 2.24) is 19.7 Å². The molecule has 0 radical (unpaired) electrons. The van der Waals surface area contributed by atoms with E-state index in [4.69, 9.17) is 0 Å². The lowest BCUT2D eigenvalue weighted by atomic mass is 10.2. The highest BCUT2D eigenvalue weighted by Crippen LogP contribution is 2.13. The van der Waals surface area contributed by atoms with Crippen molar-refractivity contribution in [2.75, 3.05) is 5.32 Å². The number of aromatic nitrogens is 4. The molecule has 0 unspecified atom stereocenters. The number of hydrogen-bond acceptors (Lipinski definition) is 5. The summed E-state index contributed by atoms with van der Waals surface area (Å²) in [6, 6.07) is 7.41. The molecule has 0 spiro atoms. The van der Waals surface area contributed by atoms with Crippen molar-refractivity contribution >= 4 is 22.9 Å². The number of carbonyl (C=O) groups is 1. The van der Waals surface area contributed by atoms with Gasteiger partial charge in [0.05, 0.1) is 22.8 Å². The molecule has 7 heteroatoms. The van der Waals surface area contributed by atoms with Gasteiger partial charge in [-0.15, -0.1) is 11.3 Å². The van der Waals surface area contributed by atoms with Gasteiger partial charge in [0.15, 0.2) is 0 Å². The van der Waals surface area contributed by atoms with Gasteiger partial charge in [-0.1, -0.05) is 0 Å². The summed E-state index contributed by atoms with van der Waals surface area (Å²) in [5.41, 5.74) is 2.44. The Bertz CT molecular complexity index is 733. The highest BCUT2D eigenvalue weighted by Gasteiger charge is 2.07. The minimum atomic E-state index is -0.0752. The first-order valence-electron chi connectivity index (χ1n) is 6.36. The smallest absolute Gasteiger partial charge is 0.230 e. The summed E-state index contributed by atoms with van der Waals surface area (Å²) in [5.74, 6) is -0.0752. The van der Waals surface area contributed by atoms with Gasteiger partial charge < -0.3 is 5.32 Å². The summed E-state index contributed by atoms with van der Waals surface area (Å²) >= 11 is 1.55. The lowest BCUT2D eigenvalue weighted by Gasteiger charge is -2.05. The minimum absolute atomic E-state index is 0.0752. The first-order chi connectivity index (χ1) is 10.2. The molecule has 3 rings (SSSR count). The molecule has 2 aromatic heterocycles. The first kappa shape index (κ1) is 13.4. The molecule has 1 N–H and O–H groups in total. The Kier molecular flexibility index (Phi) is 3.74. The Morgan fingerprint density at radius 2 is 2.14 bits per heavy atom. The molecule has 6 nitrogen and oxygen atoms in total. The van der Waals surface area contributed by atoms with Gasteiger partial charge in [-0.25, -0.2) is 14.6 Å². The number of amides is 1. The predicted octanol–water partition coefficient (Wildman–Crippen LogP) is 2.21. The van der Waals surface area contributed by atoms with E-state index < -0.39 is 0 Å². The van der Waals surface area contributed by atoms with Gasteiger partial charge in [0, 0.05) is 11.1 Å². The van der Waals surface area contributed by atoms with Crippen LogP contribution in [0.4, 0.5) is 5.69 Å². The maximum Gasteiger partial charge on any atom is 0.230 e. The fourth-order valence-corrected chi connectivity index (χ4v) is 2.51. The second-order valence-electron chi connectivity index (χ2n) is 4.47. The molecular formula is C14H13N5OS. The van der Waals surface area contributed by atoms with E-state index in [-0.39, 0.29) is 12.3 Å². The third-order valence-corrected chi connectivity index (χ3v) is 3.66. The molecule has 0 fully saturated rings. The van der Waals surface area contributed by atoms with Gasteiger partial charge in [-0.3, -0.25) is 4.79 Å². The van der Waals surface area contributed by atoms with Crippen molar-refractivity contribution in [2.24, 2.45) is 0 Å². The maximum absolute atomic E-state index is 11.9. The third kappa shape index (κ3) is 3.32. The highest BCUT2D eigenvalue weighted by atomic mass is 32.1. The van der Waals surface area contributed by atoms with Crippen molar-refractivity contribution in [3.8, 4) is 5.69 Å². The van der Waals surface area contributed by atoms with Gasteiger partial charge in [0.25, 0.3) is 0 Å². The average molecular weight is 299 g/mol. The van der Waals surface area contributed by atoms with E-state index >= 15 is 0 Å². The van der Waals surface area contributed by atoms with Crippen LogP contribution >= 0.6 is 11.3 Å². The summed E-state index contributed by atoms with van der Waals surface area (Å²) in [6.45, 7) is 1.93. The number of aryl methyl sites for hydroxylation is 1. The summed E-state index contributed by atoms with van der Waals surface area (Å²) < 4.78 is 1.66. The van der Waals surface area contributed by atoms with Crippen molar-refractivity contribution in [3.05, 3.63) is 53.0 Å². The molecular weight excluding hydrogens is 286 g/mol. The molecule has 2 heterocycles. The van der Waals surface area contributed by atoms with Crippen molar-refractivity contribution < 1.29 is 4.79 Å². The van der Waals surface area contributed by atoms with E-state index in [0.717, 1.165) is 22.1 Å². The SMILES string of the molecule is Cc1nc(CC(=O)Nc2ccc(-n3cncn3)cc2)cs1. The van der Waals surface area contributed by atoms with Crippen LogP contribution in [-0.2, 0) is 11.2 Å². The predicted molar refractivity (Wildman–Crippen MR) is 80.5 cm³/mol. The third-order valence-electron chi connectivity index (χ3n) is 2.84. The van der Waals surface area contributed by atoms with E-state index in [1.54, 1.807) is 22.3 Å². The maximum atomic E-state index is 11.9. The van der Waals surface area contributed by atoms with Crippen LogP contribution in [0.2, 0.25) is 0 Å². The van der Waals surface area contributed by atoms with Gasteiger partial charge in [0.2, 0.25) is 5.91 Å². The molecule has 1 aromatic carbocycles. The summed E-state index contributed by atoms with van der Waals surface area (Å²) in [5, 5.41) is 9.77. The number of carbonyl (C=O) groups excluding carboxylic acids is 1. The molecule has 21 heavy (non-hydrogen) atoms. The number of rotatable bonds is 4. The topological polar surface area (TPSA) is 72.7 Å². The fraction of sp³-hybridized carbons (Fsp3) is 0.143. The van der Waals surface area contributed by atoms with Crippen LogP contribution in [0.15, 0.2) is 42.3 Å². The second kappa shape index (κ2) is 5.84. The molecule has 1 amide bonds. The van der Waals surface area contributed by atoms with E-state index in [9.17, 15) is 4.79 Å². The normalized spacial score (nSPS) is 10.5. The Balaban J connectivity index is 1.63. The zero-order chi connectivity index (χ0) is 14.7. The van der Waals surface area contributed by atoms with E-state index in [1.165, 1.54) is 6.33 Å². The summed E-state index contributed by atoms with van der Waals surface area (Å²) in [6.07, 6.45) is 3.39. The molecule has 106 valence electrons. The number of anilines is 1. The number of hydrogen-bond donors (Lipinski definition) is 1. The van der Waals surface area contributed by atoms with Crippen LogP contribution in [0.1, 0.15) is 10.7 Å². The average Bonchev–Trinajstić information content (AvgIpc) is 3.11. The lowest BCUT2D eigenvalue weighted by molar-refractivity contribution is -0.115. The van der Waals surface area contributed by atoms with Crippen LogP contribution in [0.3, 0.4) is 0 Å². The zero-order valence-electron chi connectivity index (χ0n) is 11.4. The number of benzene rings is 1. The largest absolute Gasteiger partial charge is 0.326 e. The van der Waals surface area contributed by atoms with Crippen LogP contribution in [0.25, 0.3) is 5.69 Å². The molecule has 0 aliphatic heterocycles. The van der Waals surface area contributed by atoms with Gasteiger partial charge >= 0.3 is 0 Å². The molecule has 0 aliphatic rings. The Morgan fingerprint density at radius 1 is 1.33 bits per heavy atom. The summed E-state index contributed by atoms with van der Waals surface area (Å²) in [7, 11) is 0. The number of thiazole rings is 1. The van der Waals surface area contributed by atoms with E-state index in [1.807, 2.05) is 36.6 Å². The molecule has 0 saturated heterocycles. The van der Waals surface area contributed by atoms with Crippen molar-refractivity contribution in [3.63, 3.8) is 0 Å². The molecule has 0 bridgehead atoms. The van der Waals surface area contributed by atoms with Crippen LogP contribution in [-0.4, -0.2) is 25.7 Å². The first-order valence-corrected chi connectivity index (χ1v) is 7.24. The number of nitrogens with one attached hydrogen (secondary N) is 1. The highest BCUT2D eigenvalue weighted by molar-refractivity contribution is 7.09. The van der Waals surface area contributed by atoms with Crippen molar-refractivity contribution in [2.45, 2.75) is 13.3 Å². The minimum Gasteiger partial charge on any atom is -0.326 e.